The van der Waals surface area contributed by atoms with Gasteiger partial charge in [-0.05, 0) is 74.0 Å². The number of rotatable bonds is 3. The van der Waals surface area contributed by atoms with E-state index in [0.717, 1.165) is 65.8 Å². The van der Waals surface area contributed by atoms with E-state index in [4.69, 9.17) is 0 Å². The average Bonchev–Trinajstić information content (AvgIpc) is 3.04. The SMILES string of the molecule is [Li+].[Li+].[O-]c1cccc2ccc(-c3c4ccccc4c(-c4ccc([O-])c5[nH+]cccc45)c4ccc(-c5cncnc5)cc34)[nH+]c12. The van der Waals surface area contributed by atoms with Gasteiger partial charge in [-0.1, -0.05) is 60.7 Å². The van der Waals surface area contributed by atoms with Gasteiger partial charge >= 0.3 is 37.7 Å². The van der Waals surface area contributed by atoms with Crippen molar-refractivity contribution < 1.29 is 57.9 Å². The molecule has 0 unspecified atom stereocenters. The summed E-state index contributed by atoms with van der Waals surface area (Å²) >= 11 is 0. The standard InChI is InChI=1S/C36H22N4O2.2Li/c41-31-9-3-5-21-11-14-30(40-35(21)31)34-25-7-2-1-6-24(25)33(26-13-15-32(42)36-28(26)8-4-16-39-36)27-12-10-22(17-29(27)34)23-18-37-20-38-19-23;;/h1-20,41-42H;;/q;2*+1. The summed E-state index contributed by atoms with van der Waals surface area (Å²) in [6.45, 7) is 0. The van der Waals surface area contributed by atoms with Gasteiger partial charge in [-0.25, -0.2) is 19.9 Å². The summed E-state index contributed by atoms with van der Waals surface area (Å²) in [6.07, 6.45) is 6.91. The van der Waals surface area contributed by atoms with Gasteiger partial charge in [0.05, 0.1) is 10.9 Å². The first-order valence-electron chi connectivity index (χ1n) is 13.6. The number of pyridine rings is 2. The van der Waals surface area contributed by atoms with Crippen LogP contribution in [0.1, 0.15) is 0 Å². The summed E-state index contributed by atoms with van der Waals surface area (Å²) in [4.78, 5) is 15.1. The molecule has 44 heavy (non-hydrogen) atoms. The first-order valence-corrected chi connectivity index (χ1v) is 13.6. The van der Waals surface area contributed by atoms with E-state index < -0.39 is 0 Å². The quantitative estimate of drug-likeness (QED) is 0.224. The number of nitrogens with one attached hydrogen (secondary N) is 2. The maximum Gasteiger partial charge on any atom is 1.00 e. The molecule has 0 amide bonds. The number of aromatic amines is 2. The number of para-hydroxylation sites is 1. The van der Waals surface area contributed by atoms with Crippen LogP contribution in [0.2, 0.25) is 0 Å². The Balaban J connectivity index is 0.00000171. The number of H-pyrrole nitrogens is 2. The molecule has 0 fully saturated rings. The first-order chi connectivity index (χ1) is 20.7. The van der Waals surface area contributed by atoms with Gasteiger partial charge in [-0.3, -0.25) is 0 Å². The second-order valence-corrected chi connectivity index (χ2v) is 10.3. The summed E-state index contributed by atoms with van der Waals surface area (Å²) in [5.74, 6) is -0.104. The zero-order valence-electron chi connectivity index (χ0n) is 24.3. The number of hydrogen-bond donors (Lipinski definition) is 0. The Morgan fingerprint density at radius 3 is 2.09 bits per heavy atom. The molecule has 0 saturated heterocycles. The Morgan fingerprint density at radius 2 is 1.27 bits per heavy atom. The van der Waals surface area contributed by atoms with E-state index in [1.54, 1.807) is 36.8 Å². The Bertz CT molecular complexity index is 2350. The van der Waals surface area contributed by atoms with Crippen molar-refractivity contribution >= 4 is 43.4 Å². The van der Waals surface area contributed by atoms with Crippen molar-refractivity contribution in [1.82, 2.24) is 9.97 Å². The maximum absolute atomic E-state index is 12.8. The van der Waals surface area contributed by atoms with E-state index >= 15 is 0 Å². The number of hydrogen-bond acceptors (Lipinski definition) is 4. The molecule has 0 bridgehead atoms. The van der Waals surface area contributed by atoms with E-state index in [9.17, 15) is 10.2 Å². The fourth-order valence-corrected chi connectivity index (χ4v) is 6.12. The van der Waals surface area contributed by atoms with Gasteiger partial charge in [0.25, 0.3) is 0 Å². The molecule has 8 rings (SSSR count). The molecule has 198 valence electrons. The average molecular weight is 556 g/mol. The van der Waals surface area contributed by atoms with Gasteiger partial charge in [0.2, 0.25) is 16.7 Å². The van der Waals surface area contributed by atoms with Gasteiger partial charge in [-0.2, -0.15) is 0 Å². The molecule has 8 heteroatoms. The Hall–Kier alpha value is -4.69. The largest absolute Gasteiger partial charge is 1.00 e. The Kier molecular flexibility index (Phi) is 7.86. The van der Waals surface area contributed by atoms with E-state index in [2.05, 4.69) is 50.3 Å². The molecule has 0 atom stereocenters. The van der Waals surface area contributed by atoms with Crippen LogP contribution >= 0.6 is 0 Å². The van der Waals surface area contributed by atoms with Gasteiger partial charge in [0.15, 0.2) is 6.20 Å². The molecular weight excluding hydrogens is 534 g/mol. The van der Waals surface area contributed by atoms with E-state index in [-0.39, 0.29) is 49.2 Å². The van der Waals surface area contributed by atoms with Crippen molar-refractivity contribution in [1.29, 1.82) is 0 Å². The Morgan fingerprint density at radius 1 is 0.545 bits per heavy atom. The minimum Gasteiger partial charge on any atom is -0.868 e. The third-order valence-electron chi connectivity index (χ3n) is 8.00. The van der Waals surface area contributed by atoms with Crippen LogP contribution in [-0.4, -0.2) is 9.97 Å². The van der Waals surface area contributed by atoms with Gasteiger partial charge < -0.3 is 10.2 Å². The van der Waals surface area contributed by atoms with E-state index in [1.807, 2.05) is 48.5 Å². The molecule has 0 saturated carbocycles. The topological polar surface area (TPSA) is 100 Å². The smallest absolute Gasteiger partial charge is 0.868 e. The predicted molar refractivity (Wildman–Crippen MR) is 160 cm³/mol. The number of aromatic nitrogens is 4. The number of nitrogens with zero attached hydrogens (tertiary/aromatic N) is 2. The van der Waals surface area contributed by atoms with Crippen molar-refractivity contribution in [3.8, 4) is 45.0 Å². The zero-order chi connectivity index (χ0) is 28.2. The van der Waals surface area contributed by atoms with Crippen LogP contribution in [0.3, 0.4) is 0 Å². The summed E-state index contributed by atoms with van der Waals surface area (Å²) in [5.41, 5.74) is 6.85. The van der Waals surface area contributed by atoms with Crippen LogP contribution in [0.25, 0.3) is 76.9 Å². The summed E-state index contributed by atoms with van der Waals surface area (Å²) in [6, 6.07) is 31.5. The van der Waals surface area contributed by atoms with Crippen molar-refractivity contribution in [3.05, 3.63) is 122 Å². The van der Waals surface area contributed by atoms with Crippen LogP contribution < -0.4 is 57.9 Å². The summed E-state index contributed by atoms with van der Waals surface area (Å²) in [5, 5.41) is 31.5. The fraction of sp³-hybridized carbons (Fsp3) is 0. The molecule has 2 N–H and O–H groups in total. The molecule has 0 radical (unpaired) electrons. The Labute approximate surface area is 276 Å². The molecule has 3 heterocycles. The molecule has 5 aromatic carbocycles. The normalized spacial score (nSPS) is 11.0. The van der Waals surface area contributed by atoms with Crippen LogP contribution in [0.5, 0.6) is 11.5 Å². The minimum atomic E-state index is -0.0536. The first kappa shape index (κ1) is 29.4. The van der Waals surface area contributed by atoms with Crippen molar-refractivity contribution in [2.45, 2.75) is 0 Å². The molecule has 0 aliphatic heterocycles. The second kappa shape index (κ2) is 11.8. The van der Waals surface area contributed by atoms with Crippen molar-refractivity contribution in [2.24, 2.45) is 0 Å². The van der Waals surface area contributed by atoms with Gasteiger partial charge in [-0.15, -0.1) is 0 Å². The molecule has 6 nitrogen and oxygen atoms in total. The summed E-state index contributed by atoms with van der Waals surface area (Å²) < 4.78 is 0. The zero-order valence-corrected chi connectivity index (χ0v) is 24.3. The molecule has 3 aromatic heterocycles. The number of benzene rings is 5. The van der Waals surface area contributed by atoms with Crippen LogP contribution in [0.4, 0.5) is 0 Å². The third kappa shape index (κ3) is 4.70. The fourth-order valence-electron chi connectivity index (χ4n) is 6.12. The molecular formula is C36H22Li2N4O2+2. The third-order valence-corrected chi connectivity index (χ3v) is 8.00. The molecule has 8 aromatic rings. The van der Waals surface area contributed by atoms with Gasteiger partial charge in [0.1, 0.15) is 6.33 Å². The van der Waals surface area contributed by atoms with Crippen LogP contribution in [-0.2, 0) is 0 Å². The van der Waals surface area contributed by atoms with Gasteiger partial charge in [0, 0.05) is 35.5 Å². The second-order valence-electron chi connectivity index (χ2n) is 10.3. The van der Waals surface area contributed by atoms with Crippen molar-refractivity contribution in [3.63, 3.8) is 0 Å². The van der Waals surface area contributed by atoms with Crippen LogP contribution in [0.15, 0.2) is 122 Å². The maximum atomic E-state index is 12.8. The minimum absolute atomic E-state index is 0. The van der Waals surface area contributed by atoms with E-state index in [1.165, 1.54) is 6.33 Å². The molecule has 0 aliphatic rings. The van der Waals surface area contributed by atoms with Crippen LogP contribution in [0, 0.1) is 0 Å². The molecule has 0 aliphatic carbocycles. The van der Waals surface area contributed by atoms with Crippen molar-refractivity contribution in [2.75, 3.05) is 0 Å². The monoisotopic (exact) mass is 556 g/mol. The van der Waals surface area contributed by atoms with E-state index in [0.29, 0.717) is 11.0 Å². The molecule has 0 spiro atoms. The predicted octanol–water partition coefficient (Wildman–Crippen LogP) is -0.126. The summed E-state index contributed by atoms with van der Waals surface area (Å²) in [7, 11) is 0. The number of fused-ring (bicyclic) bond motifs is 4.